The second-order valence-electron chi connectivity index (χ2n) is 7.35. The molecule has 0 radical (unpaired) electrons. The minimum atomic E-state index is -0.497. The van der Waals surface area contributed by atoms with E-state index in [0.29, 0.717) is 44.7 Å². The molecule has 0 unspecified atom stereocenters. The maximum Gasteiger partial charge on any atom is 0.346 e. The highest BCUT2D eigenvalue weighted by Crippen LogP contribution is 2.25. The summed E-state index contributed by atoms with van der Waals surface area (Å²) in [5, 5.41) is 14.2. The van der Waals surface area contributed by atoms with Gasteiger partial charge < -0.3 is 10.0 Å². The van der Waals surface area contributed by atoms with Gasteiger partial charge in [-0.05, 0) is 31.7 Å². The first-order valence-electron chi connectivity index (χ1n) is 9.23. The molecule has 26 heavy (non-hydrogen) atoms. The highest BCUT2D eigenvalue weighted by atomic mass is 16.3. The number of β-amino-alcohol motifs (C(OH)–C–C–N with tert-alkyl or cyclic N) is 1. The number of aliphatic hydroxyl groups is 1. The average molecular weight is 356 g/mol. The van der Waals surface area contributed by atoms with Crippen LogP contribution < -0.4 is 5.69 Å². The van der Waals surface area contributed by atoms with Gasteiger partial charge in [0.1, 0.15) is 11.9 Å². The number of fused-ring (bicyclic) bond motifs is 1. The van der Waals surface area contributed by atoms with Crippen molar-refractivity contribution in [3.8, 4) is 0 Å². The number of amides is 1. The van der Waals surface area contributed by atoms with E-state index in [2.05, 4.69) is 5.10 Å². The van der Waals surface area contributed by atoms with E-state index in [1.54, 1.807) is 9.47 Å². The van der Waals surface area contributed by atoms with E-state index in [0.717, 1.165) is 12.0 Å². The summed E-state index contributed by atoms with van der Waals surface area (Å²) < 4.78 is 3.04. The van der Waals surface area contributed by atoms with Crippen molar-refractivity contribution in [1.29, 1.82) is 0 Å². The Morgan fingerprint density at radius 1 is 1.27 bits per heavy atom. The number of hydrogen-bond acceptors (Lipinski definition) is 4. The second-order valence-corrected chi connectivity index (χ2v) is 7.35. The first kappa shape index (κ1) is 17.0. The van der Waals surface area contributed by atoms with Crippen molar-refractivity contribution in [2.45, 2.75) is 51.3 Å². The van der Waals surface area contributed by atoms with Crippen molar-refractivity contribution in [2.75, 3.05) is 13.1 Å². The number of hydrogen-bond donors (Lipinski definition) is 1. The van der Waals surface area contributed by atoms with Gasteiger partial charge in [0.15, 0.2) is 0 Å². The van der Waals surface area contributed by atoms with E-state index >= 15 is 0 Å². The molecule has 2 aromatic rings. The molecular formula is C19H24N4O3. The molecule has 3 heterocycles. The largest absolute Gasteiger partial charge is 0.391 e. The lowest BCUT2D eigenvalue weighted by atomic mass is 10.0. The fraction of sp³-hybridized carbons (Fsp3) is 0.526. The zero-order valence-corrected chi connectivity index (χ0v) is 15.0. The molecule has 2 aliphatic rings. The van der Waals surface area contributed by atoms with Crippen LogP contribution in [0.3, 0.4) is 0 Å². The third-order valence-electron chi connectivity index (χ3n) is 5.34. The van der Waals surface area contributed by atoms with Gasteiger partial charge in [-0.15, -0.1) is 0 Å². The number of carbonyl (C=O) groups excluding carboxylic acids is 1. The molecule has 7 heteroatoms. The van der Waals surface area contributed by atoms with Gasteiger partial charge in [-0.1, -0.05) is 29.8 Å². The Hall–Kier alpha value is -2.41. The van der Waals surface area contributed by atoms with E-state index in [4.69, 9.17) is 0 Å². The number of benzene rings is 1. The number of aryl methyl sites for hydroxylation is 2. The van der Waals surface area contributed by atoms with Crippen molar-refractivity contribution in [1.82, 2.24) is 19.2 Å². The standard InChI is InChI=1S/C19H24N4O3/c1-13-5-7-14(8-6-13)11-22-19(26)23-16(3-2-4-17(23)20-22)18(25)21-10-9-15(24)12-21/h5-8,15-16,24H,2-4,9-12H2,1H3/t15-,16-/m0/s1. The Bertz CT molecular complexity index is 868. The van der Waals surface area contributed by atoms with Crippen molar-refractivity contribution in [3.63, 3.8) is 0 Å². The van der Waals surface area contributed by atoms with Crippen LogP contribution in [0.1, 0.15) is 42.3 Å². The zero-order valence-electron chi connectivity index (χ0n) is 15.0. The van der Waals surface area contributed by atoms with Gasteiger partial charge >= 0.3 is 5.69 Å². The molecule has 7 nitrogen and oxygen atoms in total. The van der Waals surface area contributed by atoms with Gasteiger partial charge in [-0.2, -0.15) is 5.10 Å². The first-order chi connectivity index (χ1) is 12.5. The van der Waals surface area contributed by atoms with E-state index in [1.807, 2.05) is 31.2 Å². The molecule has 0 spiro atoms. The summed E-state index contributed by atoms with van der Waals surface area (Å²) in [6.07, 6.45) is 2.35. The van der Waals surface area contributed by atoms with Crippen molar-refractivity contribution < 1.29 is 9.90 Å². The third kappa shape index (κ3) is 3.07. The molecule has 0 aliphatic carbocycles. The number of nitrogens with zero attached hydrogens (tertiary/aromatic N) is 4. The molecular weight excluding hydrogens is 332 g/mol. The molecule has 4 rings (SSSR count). The van der Waals surface area contributed by atoms with E-state index in [1.165, 1.54) is 10.2 Å². The monoisotopic (exact) mass is 356 g/mol. The highest BCUT2D eigenvalue weighted by Gasteiger charge is 2.35. The highest BCUT2D eigenvalue weighted by molar-refractivity contribution is 5.81. The van der Waals surface area contributed by atoms with Crippen LogP contribution in [0.5, 0.6) is 0 Å². The maximum absolute atomic E-state index is 12.9. The van der Waals surface area contributed by atoms with Crippen LogP contribution in [-0.2, 0) is 17.8 Å². The Balaban J connectivity index is 1.62. The van der Waals surface area contributed by atoms with Crippen molar-refractivity contribution in [2.24, 2.45) is 0 Å². The fourth-order valence-electron chi connectivity index (χ4n) is 3.89. The normalized spacial score (nSPS) is 22.5. The minimum absolute atomic E-state index is 0.0699. The minimum Gasteiger partial charge on any atom is -0.391 e. The molecule has 0 bridgehead atoms. The number of rotatable bonds is 3. The fourth-order valence-corrected chi connectivity index (χ4v) is 3.89. The van der Waals surface area contributed by atoms with Crippen LogP contribution in [-0.4, -0.2) is 49.5 Å². The smallest absolute Gasteiger partial charge is 0.346 e. The number of aliphatic hydroxyl groups excluding tert-OH is 1. The predicted molar refractivity (Wildman–Crippen MR) is 95.9 cm³/mol. The van der Waals surface area contributed by atoms with E-state index in [-0.39, 0.29) is 11.6 Å². The van der Waals surface area contributed by atoms with E-state index < -0.39 is 12.1 Å². The van der Waals surface area contributed by atoms with E-state index in [9.17, 15) is 14.7 Å². The lowest BCUT2D eigenvalue weighted by Crippen LogP contribution is -2.42. The molecule has 2 aliphatic heterocycles. The van der Waals surface area contributed by atoms with Gasteiger partial charge in [0.25, 0.3) is 0 Å². The van der Waals surface area contributed by atoms with Crippen LogP contribution in [0.25, 0.3) is 0 Å². The van der Waals surface area contributed by atoms with Crippen LogP contribution in [0.4, 0.5) is 0 Å². The second kappa shape index (κ2) is 6.72. The lowest BCUT2D eigenvalue weighted by Gasteiger charge is -2.27. The molecule has 1 aromatic heterocycles. The Morgan fingerprint density at radius 3 is 2.73 bits per heavy atom. The third-order valence-corrected chi connectivity index (χ3v) is 5.34. The van der Waals surface area contributed by atoms with Gasteiger partial charge in [0, 0.05) is 19.5 Å². The van der Waals surface area contributed by atoms with Crippen LogP contribution >= 0.6 is 0 Å². The lowest BCUT2D eigenvalue weighted by molar-refractivity contribution is -0.134. The summed E-state index contributed by atoms with van der Waals surface area (Å²) in [4.78, 5) is 27.5. The summed E-state index contributed by atoms with van der Waals surface area (Å²) in [6, 6.07) is 7.52. The molecule has 1 fully saturated rings. The van der Waals surface area contributed by atoms with Crippen molar-refractivity contribution >= 4 is 5.91 Å². The van der Waals surface area contributed by atoms with Gasteiger partial charge in [0.05, 0.1) is 12.6 Å². The Kier molecular flexibility index (Phi) is 4.40. The van der Waals surface area contributed by atoms with Crippen LogP contribution in [0.2, 0.25) is 0 Å². The average Bonchev–Trinajstić information content (AvgIpc) is 3.20. The summed E-state index contributed by atoms with van der Waals surface area (Å²) in [7, 11) is 0. The number of aromatic nitrogens is 3. The summed E-state index contributed by atoms with van der Waals surface area (Å²) in [5.41, 5.74) is 1.96. The van der Waals surface area contributed by atoms with Crippen molar-refractivity contribution in [3.05, 3.63) is 51.7 Å². The van der Waals surface area contributed by atoms with Gasteiger partial charge in [-0.3, -0.25) is 9.36 Å². The molecule has 1 amide bonds. The SMILES string of the molecule is Cc1ccc(Cn2nc3n(c2=O)[C@H](C(=O)N2CC[C@H](O)C2)CCC3)cc1. The topological polar surface area (TPSA) is 80.4 Å². The maximum atomic E-state index is 12.9. The summed E-state index contributed by atoms with van der Waals surface area (Å²) >= 11 is 0. The quantitative estimate of drug-likeness (QED) is 0.885. The van der Waals surface area contributed by atoms with Crippen LogP contribution in [0.15, 0.2) is 29.1 Å². The molecule has 1 saturated heterocycles. The molecule has 1 N–H and O–H groups in total. The Labute approximate surface area is 151 Å². The predicted octanol–water partition coefficient (Wildman–Crippen LogP) is 0.872. The Morgan fingerprint density at radius 2 is 2.04 bits per heavy atom. The molecule has 138 valence electrons. The van der Waals surface area contributed by atoms with Crippen LogP contribution in [0, 0.1) is 6.92 Å². The zero-order chi connectivity index (χ0) is 18.3. The molecule has 0 saturated carbocycles. The molecule has 1 aromatic carbocycles. The first-order valence-corrected chi connectivity index (χ1v) is 9.23. The van der Waals surface area contributed by atoms with Gasteiger partial charge in [-0.25, -0.2) is 9.48 Å². The summed E-state index contributed by atoms with van der Waals surface area (Å²) in [5.74, 6) is 0.617. The molecule has 2 atom stereocenters. The summed E-state index contributed by atoms with van der Waals surface area (Å²) in [6.45, 7) is 3.34. The van der Waals surface area contributed by atoms with Gasteiger partial charge in [0.2, 0.25) is 5.91 Å². The number of carbonyl (C=O) groups is 1. The number of likely N-dealkylation sites (tertiary alicyclic amines) is 1.